The Bertz CT molecular complexity index is 555. The highest BCUT2D eigenvalue weighted by Crippen LogP contribution is 2.13. The molecule has 0 amide bonds. The number of sulfone groups is 1. The van der Waals surface area contributed by atoms with Crippen molar-refractivity contribution in [2.75, 3.05) is 25.9 Å². The molecule has 0 radical (unpaired) electrons. The van der Waals surface area contributed by atoms with Gasteiger partial charge in [0.1, 0.15) is 0 Å². The monoisotopic (exact) mass is 285 g/mol. The molecule has 7 heteroatoms. The SMILES string of the molecule is CCN(C)CCS(=O)(=O)c1cccc(/C(N)=N/O)c1. The van der Waals surface area contributed by atoms with Crippen LogP contribution in [0.3, 0.4) is 0 Å². The van der Waals surface area contributed by atoms with Gasteiger partial charge in [-0.3, -0.25) is 0 Å². The molecular formula is C12H19N3O3S. The normalized spacial score (nSPS) is 12.9. The molecule has 0 heterocycles. The fraction of sp³-hybridized carbons (Fsp3) is 0.417. The summed E-state index contributed by atoms with van der Waals surface area (Å²) in [5.74, 6) is -0.0699. The minimum absolute atomic E-state index is 0.0387. The Labute approximate surface area is 113 Å². The second-order valence-corrected chi connectivity index (χ2v) is 6.34. The quantitative estimate of drug-likeness (QED) is 0.343. The van der Waals surface area contributed by atoms with Gasteiger partial charge in [0.2, 0.25) is 0 Å². The first-order valence-electron chi connectivity index (χ1n) is 5.90. The number of rotatable bonds is 6. The Morgan fingerprint density at radius 3 is 2.74 bits per heavy atom. The van der Waals surface area contributed by atoms with Crippen molar-refractivity contribution in [3.05, 3.63) is 29.8 Å². The van der Waals surface area contributed by atoms with E-state index in [9.17, 15) is 8.42 Å². The molecule has 0 atom stereocenters. The predicted octanol–water partition coefficient (Wildman–Crippen LogP) is 0.507. The fourth-order valence-electron chi connectivity index (χ4n) is 1.46. The van der Waals surface area contributed by atoms with Crippen LogP contribution in [0.1, 0.15) is 12.5 Å². The summed E-state index contributed by atoms with van der Waals surface area (Å²) in [6.07, 6.45) is 0. The predicted molar refractivity (Wildman–Crippen MR) is 74.2 cm³/mol. The Morgan fingerprint density at radius 2 is 2.16 bits per heavy atom. The van der Waals surface area contributed by atoms with Crippen molar-refractivity contribution >= 4 is 15.7 Å². The topological polar surface area (TPSA) is 96.0 Å². The second-order valence-electron chi connectivity index (χ2n) is 4.23. The molecule has 0 aromatic heterocycles. The molecule has 0 aliphatic carbocycles. The highest BCUT2D eigenvalue weighted by atomic mass is 32.2. The molecule has 1 rings (SSSR count). The molecule has 0 spiro atoms. The summed E-state index contributed by atoms with van der Waals surface area (Å²) in [6.45, 7) is 3.22. The van der Waals surface area contributed by atoms with E-state index in [4.69, 9.17) is 10.9 Å². The number of nitrogens with two attached hydrogens (primary N) is 1. The zero-order chi connectivity index (χ0) is 14.5. The van der Waals surface area contributed by atoms with Gasteiger partial charge in [-0.1, -0.05) is 24.2 Å². The fourth-order valence-corrected chi connectivity index (χ4v) is 2.84. The van der Waals surface area contributed by atoms with E-state index in [1.54, 1.807) is 12.1 Å². The van der Waals surface area contributed by atoms with E-state index in [0.29, 0.717) is 12.1 Å². The minimum atomic E-state index is -3.36. The molecule has 0 bridgehead atoms. The van der Waals surface area contributed by atoms with Crippen LogP contribution in [0.15, 0.2) is 34.3 Å². The number of hydrogen-bond acceptors (Lipinski definition) is 5. The lowest BCUT2D eigenvalue weighted by Gasteiger charge is -2.13. The van der Waals surface area contributed by atoms with Gasteiger partial charge >= 0.3 is 0 Å². The summed E-state index contributed by atoms with van der Waals surface area (Å²) in [6, 6.07) is 6.09. The Hall–Kier alpha value is -1.60. The summed E-state index contributed by atoms with van der Waals surface area (Å²) < 4.78 is 24.3. The summed E-state index contributed by atoms with van der Waals surface area (Å²) >= 11 is 0. The molecule has 0 saturated carbocycles. The molecule has 0 unspecified atom stereocenters. The molecule has 3 N–H and O–H groups in total. The van der Waals surface area contributed by atoms with Crippen LogP contribution in [0, 0.1) is 0 Å². The van der Waals surface area contributed by atoms with Crippen LogP contribution in [-0.2, 0) is 9.84 Å². The molecule has 0 aliphatic rings. The Morgan fingerprint density at radius 1 is 1.47 bits per heavy atom. The third kappa shape index (κ3) is 4.22. The van der Waals surface area contributed by atoms with Gasteiger partial charge in [-0.05, 0) is 25.7 Å². The van der Waals surface area contributed by atoms with Crippen molar-refractivity contribution in [1.82, 2.24) is 4.90 Å². The largest absolute Gasteiger partial charge is 0.409 e. The third-order valence-electron chi connectivity index (χ3n) is 2.88. The van der Waals surface area contributed by atoms with Gasteiger partial charge in [0.25, 0.3) is 0 Å². The minimum Gasteiger partial charge on any atom is -0.409 e. The van der Waals surface area contributed by atoms with E-state index in [2.05, 4.69) is 5.16 Å². The van der Waals surface area contributed by atoms with Crippen molar-refractivity contribution in [3.8, 4) is 0 Å². The highest BCUT2D eigenvalue weighted by Gasteiger charge is 2.16. The molecule has 19 heavy (non-hydrogen) atoms. The maximum absolute atomic E-state index is 12.1. The molecule has 1 aromatic rings. The van der Waals surface area contributed by atoms with Gasteiger partial charge in [-0.15, -0.1) is 0 Å². The standard InChI is InChI=1S/C12H19N3O3S/c1-3-15(2)7-8-19(17,18)11-6-4-5-10(9-11)12(13)14-16/h4-6,9,16H,3,7-8H2,1-2H3,(H2,13,14). The highest BCUT2D eigenvalue weighted by molar-refractivity contribution is 7.91. The van der Waals surface area contributed by atoms with E-state index >= 15 is 0 Å². The molecule has 6 nitrogen and oxygen atoms in total. The van der Waals surface area contributed by atoms with Crippen molar-refractivity contribution in [3.63, 3.8) is 0 Å². The molecule has 106 valence electrons. The van der Waals surface area contributed by atoms with Crippen LogP contribution in [0.2, 0.25) is 0 Å². The first-order valence-corrected chi connectivity index (χ1v) is 7.55. The maximum atomic E-state index is 12.1. The van der Waals surface area contributed by atoms with Gasteiger partial charge in [-0.2, -0.15) is 0 Å². The van der Waals surface area contributed by atoms with Crippen molar-refractivity contribution < 1.29 is 13.6 Å². The average Bonchev–Trinajstić information content (AvgIpc) is 2.44. The van der Waals surface area contributed by atoms with Crippen LogP contribution in [0.4, 0.5) is 0 Å². The van der Waals surface area contributed by atoms with Gasteiger partial charge in [0.05, 0.1) is 10.6 Å². The zero-order valence-corrected chi connectivity index (χ0v) is 11.9. The van der Waals surface area contributed by atoms with Crippen LogP contribution in [-0.4, -0.2) is 50.3 Å². The first-order chi connectivity index (χ1) is 8.90. The van der Waals surface area contributed by atoms with Crippen molar-refractivity contribution in [1.29, 1.82) is 0 Å². The van der Waals surface area contributed by atoms with Crippen molar-refractivity contribution in [2.45, 2.75) is 11.8 Å². The van der Waals surface area contributed by atoms with Crippen LogP contribution in [0.5, 0.6) is 0 Å². The molecule has 0 aliphatic heterocycles. The smallest absolute Gasteiger partial charge is 0.179 e. The molecule has 0 fully saturated rings. The Kier molecular flexibility index (Phi) is 5.31. The maximum Gasteiger partial charge on any atom is 0.179 e. The molecule has 1 aromatic carbocycles. The van der Waals surface area contributed by atoms with E-state index < -0.39 is 9.84 Å². The summed E-state index contributed by atoms with van der Waals surface area (Å²) in [5, 5.41) is 11.5. The van der Waals surface area contributed by atoms with E-state index in [1.165, 1.54) is 12.1 Å². The number of nitrogens with zero attached hydrogens (tertiary/aromatic N) is 2. The van der Waals surface area contributed by atoms with E-state index in [-0.39, 0.29) is 16.5 Å². The van der Waals surface area contributed by atoms with Crippen LogP contribution < -0.4 is 5.73 Å². The summed E-state index contributed by atoms with van der Waals surface area (Å²) in [7, 11) is -1.50. The van der Waals surface area contributed by atoms with E-state index in [1.807, 2.05) is 18.9 Å². The van der Waals surface area contributed by atoms with Gasteiger partial charge in [-0.25, -0.2) is 8.42 Å². The summed E-state index contributed by atoms with van der Waals surface area (Å²) in [4.78, 5) is 2.10. The van der Waals surface area contributed by atoms with Crippen LogP contribution >= 0.6 is 0 Å². The lowest BCUT2D eigenvalue weighted by Crippen LogP contribution is -2.25. The lowest BCUT2D eigenvalue weighted by atomic mass is 10.2. The number of benzene rings is 1. The number of hydrogen-bond donors (Lipinski definition) is 2. The number of oxime groups is 1. The first kappa shape index (κ1) is 15.5. The lowest BCUT2D eigenvalue weighted by molar-refractivity contribution is 0.318. The van der Waals surface area contributed by atoms with Crippen LogP contribution in [0.25, 0.3) is 0 Å². The average molecular weight is 285 g/mol. The van der Waals surface area contributed by atoms with Gasteiger partial charge in [0, 0.05) is 12.1 Å². The van der Waals surface area contributed by atoms with Gasteiger partial charge < -0.3 is 15.8 Å². The third-order valence-corrected chi connectivity index (χ3v) is 4.57. The number of amidine groups is 1. The van der Waals surface area contributed by atoms with Crippen molar-refractivity contribution in [2.24, 2.45) is 10.9 Å². The molecule has 0 saturated heterocycles. The second kappa shape index (κ2) is 6.53. The molecular weight excluding hydrogens is 266 g/mol. The Balaban J connectivity index is 2.96. The summed E-state index contributed by atoms with van der Waals surface area (Å²) in [5.41, 5.74) is 5.83. The van der Waals surface area contributed by atoms with E-state index in [0.717, 1.165) is 6.54 Å². The van der Waals surface area contributed by atoms with Gasteiger partial charge in [0.15, 0.2) is 15.7 Å². The zero-order valence-electron chi connectivity index (χ0n) is 11.1.